The molecule has 2 atom stereocenters. The first-order chi connectivity index (χ1) is 6.00. The first kappa shape index (κ1) is 10.5. The molecule has 0 aromatic heterocycles. The Morgan fingerprint density at radius 2 is 2.31 bits per heavy atom. The summed E-state index contributed by atoms with van der Waals surface area (Å²) < 4.78 is 4.68. The first-order valence-corrected chi connectivity index (χ1v) is 4.45. The second-order valence-corrected chi connectivity index (χ2v) is 3.94. The van der Waals surface area contributed by atoms with Crippen LogP contribution in [-0.2, 0) is 9.53 Å². The maximum atomic E-state index is 11.4. The number of likely N-dealkylation sites (tertiary alicyclic amines) is 1. The Hall–Kier alpha value is -0.610. The van der Waals surface area contributed by atoms with E-state index in [0.717, 1.165) is 6.54 Å². The van der Waals surface area contributed by atoms with Gasteiger partial charge in [-0.05, 0) is 26.9 Å². The van der Waals surface area contributed by atoms with Crippen LogP contribution in [0.15, 0.2) is 0 Å². The van der Waals surface area contributed by atoms with Gasteiger partial charge in [0.15, 0.2) is 0 Å². The average Bonchev–Trinajstić information content (AvgIpc) is 2.11. The topological polar surface area (TPSA) is 49.8 Å². The van der Waals surface area contributed by atoms with Crippen molar-refractivity contribution < 1.29 is 14.6 Å². The van der Waals surface area contributed by atoms with Crippen molar-refractivity contribution in [2.75, 3.05) is 27.2 Å². The molecule has 76 valence electrons. The summed E-state index contributed by atoms with van der Waals surface area (Å²) in [6.07, 6.45) is 0.0239. The van der Waals surface area contributed by atoms with Crippen LogP contribution in [0.4, 0.5) is 0 Å². The minimum atomic E-state index is -0.721. The van der Waals surface area contributed by atoms with Crippen LogP contribution in [0, 0.1) is 5.41 Å². The molecule has 1 aliphatic heterocycles. The monoisotopic (exact) mass is 187 g/mol. The van der Waals surface area contributed by atoms with Crippen LogP contribution in [0.1, 0.15) is 13.3 Å². The highest BCUT2D eigenvalue weighted by molar-refractivity contribution is 5.77. The predicted molar refractivity (Wildman–Crippen MR) is 48.2 cm³/mol. The number of carbonyl (C=O) groups excluding carboxylic acids is 1. The zero-order valence-electron chi connectivity index (χ0n) is 8.41. The number of methoxy groups -OCH3 is 1. The molecule has 0 aliphatic carbocycles. The number of rotatable bonds is 1. The van der Waals surface area contributed by atoms with Crippen molar-refractivity contribution in [1.29, 1.82) is 0 Å². The Bertz CT molecular complexity index is 207. The van der Waals surface area contributed by atoms with Gasteiger partial charge in [0.1, 0.15) is 0 Å². The van der Waals surface area contributed by atoms with Crippen LogP contribution in [0.25, 0.3) is 0 Å². The van der Waals surface area contributed by atoms with Gasteiger partial charge in [-0.2, -0.15) is 0 Å². The summed E-state index contributed by atoms with van der Waals surface area (Å²) in [5, 5.41) is 9.76. The highest BCUT2D eigenvalue weighted by Crippen LogP contribution is 2.31. The zero-order chi connectivity index (χ0) is 10.1. The van der Waals surface area contributed by atoms with Crippen molar-refractivity contribution in [1.82, 2.24) is 4.90 Å². The van der Waals surface area contributed by atoms with E-state index in [9.17, 15) is 9.90 Å². The Labute approximate surface area is 78.5 Å². The highest BCUT2D eigenvalue weighted by atomic mass is 16.5. The zero-order valence-corrected chi connectivity index (χ0v) is 8.41. The number of hydrogen-bond acceptors (Lipinski definition) is 4. The van der Waals surface area contributed by atoms with Gasteiger partial charge >= 0.3 is 5.97 Å². The third-order valence-corrected chi connectivity index (χ3v) is 2.88. The predicted octanol–water partition coefficient (Wildman–Crippen LogP) is -0.138. The van der Waals surface area contributed by atoms with Gasteiger partial charge in [-0.25, -0.2) is 0 Å². The van der Waals surface area contributed by atoms with Gasteiger partial charge in [0, 0.05) is 6.54 Å². The van der Waals surface area contributed by atoms with Gasteiger partial charge in [-0.15, -0.1) is 0 Å². The van der Waals surface area contributed by atoms with Crippen molar-refractivity contribution in [2.45, 2.75) is 19.4 Å². The second-order valence-electron chi connectivity index (χ2n) is 3.94. The molecule has 1 N–H and O–H groups in total. The lowest BCUT2D eigenvalue weighted by atomic mass is 9.78. The van der Waals surface area contributed by atoms with Crippen molar-refractivity contribution in [3.8, 4) is 0 Å². The standard InChI is InChI=1S/C9H17NO3/c1-9(8(12)13-3)4-5-10(2)6-7(9)11/h7,11H,4-6H2,1-3H3. The normalized spacial score (nSPS) is 35.8. The number of aliphatic hydroxyl groups excluding tert-OH is 1. The van der Waals surface area contributed by atoms with Gasteiger partial charge in [0.05, 0.1) is 18.6 Å². The summed E-state index contributed by atoms with van der Waals surface area (Å²) in [6.45, 7) is 3.12. The van der Waals surface area contributed by atoms with Crippen molar-refractivity contribution in [3.63, 3.8) is 0 Å². The molecule has 1 aliphatic rings. The Morgan fingerprint density at radius 1 is 1.69 bits per heavy atom. The second kappa shape index (κ2) is 3.64. The number of likely N-dealkylation sites (N-methyl/N-ethyl adjacent to an activating group) is 1. The van der Waals surface area contributed by atoms with Crippen molar-refractivity contribution in [2.24, 2.45) is 5.41 Å². The molecular weight excluding hydrogens is 170 g/mol. The fourth-order valence-electron chi connectivity index (χ4n) is 1.65. The fraction of sp³-hybridized carbons (Fsp3) is 0.889. The van der Waals surface area contributed by atoms with E-state index in [1.54, 1.807) is 6.92 Å². The number of esters is 1. The van der Waals surface area contributed by atoms with Gasteiger partial charge < -0.3 is 14.7 Å². The van der Waals surface area contributed by atoms with Gasteiger partial charge in [0.2, 0.25) is 0 Å². The smallest absolute Gasteiger partial charge is 0.314 e. The lowest BCUT2D eigenvalue weighted by Gasteiger charge is -2.39. The molecule has 1 saturated heterocycles. The molecule has 0 aromatic carbocycles. The molecule has 4 nitrogen and oxygen atoms in total. The maximum Gasteiger partial charge on any atom is 0.314 e. The first-order valence-electron chi connectivity index (χ1n) is 4.45. The minimum absolute atomic E-state index is 0.312. The molecule has 1 fully saturated rings. The Kier molecular flexibility index (Phi) is 2.93. The third-order valence-electron chi connectivity index (χ3n) is 2.88. The quantitative estimate of drug-likeness (QED) is 0.581. The van der Waals surface area contributed by atoms with Crippen LogP contribution in [-0.4, -0.2) is 49.3 Å². The maximum absolute atomic E-state index is 11.4. The SMILES string of the molecule is COC(=O)C1(C)CCN(C)CC1O. The molecule has 0 radical (unpaired) electrons. The van der Waals surface area contributed by atoms with Gasteiger partial charge in [0.25, 0.3) is 0 Å². The van der Waals surface area contributed by atoms with E-state index in [2.05, 4.69) is 4.74 Å². The van der Waals surface area contributed by atoms with E-state index in [4.69, 9.17) is 0 Å². The van der Waals surface area contributed by atoms with E-state index >= 15 is 0 Å². The molecule has 1 heterocycles. The van der Waals surface area contributed by atoms with Crippen molar-refractivity contribution >= 4 is 5.97 Å². The lowest BCUT2D eigenvalue weighted by Crippen LogP contribution is -2.52. The molecule has 0 amide bonds. The largest absolute Gasteiger partial charge is 0.469 e. The van der Waals surface area contributed by atoms with Gasteiger partial charge in [-0.1, -0.05) is 0 Å². The summed E-state index contributed by atoms with van der Waals surface area (Å²) >= 11 is 0. The van der Waals surface area contributed by atoms with E-state index in [1.165, 1.54) is 7.11 Å². The van der Waals surface area contributed by atoms with Crippen LogP contribution in [0.2, 0.25) is 0 Å². The molecular formula is C9H17NO3. The van der Waals surface area contributed by atoms with Gasteiger partial charge in [-0.3, -0.25) is 4.79 Å². The Morgan fingerprint density at radius 3 is 2.77 bits per heavy atom. The summed E-state index contributed by atoms with van der Waals surface area (Å²) in [5.41, 5.74) is -0.721. The van der Waals surface area contributed by atoms with Crippen LogP contribution in [0.3, 0.4) is 0 Å². The molecule has 0 saturated carbocycles. The molecule has 2 unspecified atom stereocenters. The highest BCUT2D eigenvalue weighted by Gasteiger charge is 2.44. The molecule has 4 heteroatoms. The summed E-state index contributed by atoms with van der Waals surface area (Å²) in [4.78, 5) is 13.4. The summed E-state index contributed by atoms with van der Waals surface area (Å²) in [7, 11) is 3.29. The van der Waals surface area contributed by atoms with Crippen LogP contribution >= 0.6 is 0 Å². The van der Waals surface area contributed by atoms with Crippen molar-refractivity contribution in [3.05, 3.63) is 0 Å². The molecule has 0 spiro atoms. The van der Waals surface area contributed by atoms with Crippen LogP contribution < -0.4 is 0 Å². The van der Waals surface area contributed by atoms with E-state index in [1.807, 2.05) is 11.9 Å². The number of β-amino-alcohol motifs (C(OH)–C–C–N with tert-alkyl or cyclic N) is 1. The molecule has 13 heavy (non-hydrogen) atoms. The number of aliphatic hydroxyl groups is 1. The third kappa shape index (κ3) is 1.84. The number of nitrogens with zero attached hydrogens (tertiary/aromatic N) is 1. The minimum Gasteiger partial charge on any atom is -0.469 e. The molecule has 0 bridgehead atoms. The van der Waals surface area contributed by atoms with E-state index in [0.29, 0.717) is 13.0 Å². The number of carbonyl (C=O) groups is 1. The molecule has 0 aromatic rings. The van der Waals surface area contributed by atoms with Crippen LogP contribution in [0.5, 0.6) is 0 Å². The number of hydrogen-bond donors (Lipinski definition) is 1. The number of piperidine rings is 1. The molecule has 1 rings (SSSR count). The fourth-order valence-corrected chi connectivity index (χ4v) is 1.65. The number of ether oxygens (including phenoxy) is 1. The van der Waals surface area contributed by atoms with E-state index < -0.39 is 11.5 Å². The summed E-state index contributed by atoms with van der Waals surface area (Å²) in [6, 6.07) is 0. The lowest BCUT2D eigenvalue weighted by molar-refractivity contribution is -0.163. The Balaban J connectivity index is 2.73. The van der Waals surface area contributed by atoms with E-state index in [-0.39, 0.29) is 5.97 Å². The summed E-state index contributed by atoms with van der Waals surface area (Å²) in [5.74, 6) is -0.312. The average molecular weight is 187 g/mol.